The molecule has 0 unspecified atom stereocenters. The number of H-pyrrole nitrogens is 1. The molecule has 0 aromatic carbocycles. The Bertz CT molecular complexity index is 767. The Kier molecular flexibility index (Phi) is 4.63. The van der Waals surface area contributed by atoms with E-state index in [9.17, 15) is 9.18 Å². The zero-order valence-electron chi connectivity index (χ0n) is 14.7. The van der Waals surface area contributed by atoms with Gasteiger partial charge in [-0.05, 0) is 37.1 Å². The molecule has 0 aliphatic carbocycles. The molecule has 26 heavy (non-hydrogen) atoms. The average molecular weight is 358 g/mol. The van der Waals surface area contributed by atoms with E-state index in [0.29, 0.717) is 44.4 Å². The van der Waals surface area contributed by atoms with Crippen molar-refractivity contribution in [2.24, 2.45) is 5.41 Å². The molecule has 2 aliphatic heterocycles. The number of carbonyl (C=O) groups excluding carboxylic acids is 1. The number of carbonyl (C=O) groups is 1. The maximum Gasteiger partial charge on any atom is 0.270 e. The van der Waals surface area contributed by atoms with Gasteiger partial charge >= 0.3 is 0 Å². The number of halogens is 1. The number of likely N-dealkylation sites (tertiary alicyclic amines) is 1. The number of nitrogens with one attached hydrogen (secondary N) is 1. The van der Waals surface area contributed by atoms with Crippen molar-refractivity contribution in [1.29, 1.82) is 0 Å². The van der Waals surface area contributed by atoms with Gasteiger partial charge in [-0.2, -0.15) is 0 Å². The van der Waals surface area contributed by atoms with Crippen LogP contribution in [0.1, 0.15) is 23.3 Å². The Morgan fingerprint density at radius 2 is 2.19 bits per heavy atom. The number of pyridine rings is 1. The van der Waals surface area contributed by atoms with Gasteiger partial charge < -0.3 is 19.5 Å². The Balaban J connectivity index is 1.56. The van der Waals surface area contributed by atoms with Gasteiger partial charge in [0.15, 0.2) is 11.6 Å². The molecule has 138 valence electrons. The number of ether oxygens (including phenoxy) is 1. The lowest BCUT2D eigenvalue weighted by atomic mass is 9.80. The maximum atomic E-state index is 14.2. The molecular formula is C19H23FN4O2. The highest BCUT2D eigenvalue weighted by Crippen LogP contribution is 2.35. The summed E-state index contributed by atoms with van der Waals surface area (Å²) < 4.78 is 20.1. The third kappa shape index (κ3) is 3.31. The molecular weight excluding hydrogens is 335 g/mol. The van der Waals surface area contributed by atoms with Crippen LogP contribution < -0.4 is 4.90 Å². The summed E-state index contributed by atoms with van der Waals surface area (Å²) in [6.07, 6.45) is 5.23. The SMILES string of the molecule is O=C(c1ccc[nH]1)N1CCC[C@@]2(COCCN(c3ncccc3F)C2)C1. The molecule has 6 nitrogen and oxygen atoms in total. The van der Waals surface area contributed by atoms with Crippen LogP contribution in [0, 0.1) is 11.2 Å². The highest BCUT2D eigenvalue weighted by Gasteiger charge is 2.41. The maximum absolute atomic E-state index is 14.2. The first-order valence-electron chi connectivity index (χ1n) is 9.03. The third-order valence-electron chi connectivity index (χ3n) is 5.26. The first kappa shape index (κ1) is 17.0. The number of aromatic amines is 1. The standard InChI is InChI=1S/C19H23FN4O2/c20-15-4-1-8-22-17(15)23-10-11-26-14-19(12-23)6-3-9-24(13-19)18(25)16-5-2-7-21-16/h1-2,4-5,7-8,21H,3,6,9-14H2/t19-/m0/s1. The zero-order chi connectivity index (χ0) is 18.0. The van der Waals surface area contributed by atoms with Crippen LogP contribution in [0.5, 0.6) is 0 Å². The summed E-state index contributed by atoms with van der Waals surface area (Å²) in [4.78, 5) is 23.8. The molecule has 0 saturated carbocycles. The first-order chi connectivity index (χ1) is 12.7. The number of piperidine rings is 1. The van der Waals surface area contributed by atoms with Gasteiger partial charge in [0, 0.05) is 44.0 Å². The van der Waals surface area contributed by atoms with Crippen LogP contribution in [0.2, 0.25) is 0 Å². The summed E-state index contributed by atoms with van der Waals surface area (Å²) >= 11 is 0. The molecule has 1 N–H and O–H groups in total. The number of hydrogen-bond donors (Lipinski definition) is 1. The van der Waals surface area contributed by atoms with Crippen molar-refractivity contribution in [2.45, 2.75) is 12.8 Å². The fraction of sp³-hybridized carbons (Fsp3) is 0.474. The summed E-state index contributed by atoms with van der Waals surface area (Å²) in [5.41, 5.74) is 0.394. The molecule has 2 aromatic heterocycles. The van der Waals surface area contributed by atoms with E-state index in [1.165, 1.54) is 6.07 Å². The number of rotatable bonds is 2. The smallest absolute Gasteiger partial charge is 0.270 e. The van der Waals surface area contributed by atoms with E-state index >= 15 is 0 Å². The van der Waals surface area contributed by atoms with E-state index in [0.717, 1.165) is 19.4 Å². The first-order valence-corrected chi connectivity index (χ1v) is 9.03. The molecule has 2 aromatic rings. The van der Waals surface area contributed by atoms with E-state index in [4.69, 9.17) is 4.74 Å². The van der Waals surface area contributed by atoms with Crippen LogP contribution in [0.4, 0.5) is 10.2 Å². The fourth-order valence-corrected chi connectivity index (χ4v) is 4.05. The Labute approximate surface area is 152 Å². The molecule has 4 rings (SSSR count). The van der Waals surface area contributed by atoms with Gasteiger partial charge in [-0.1, -0.05) is 0 Å². The molecule has 7 heteroatoms. The summed E-state index contributed by atoms with van der Waals surface area (Å²) in [5, 5.41) is 0. The lowest BCUT2D eigenvalue weighted by Crippen LogP contribution is -2.52. The monoisotopic (exact) mass is 358 g/mol. The molecule has 1 atom stereocenters. The van der Waals surface area contributed by atoms with E-state index < -0.39 is 0 Å². The minimum absolute atomic E-state index is 0.00823. The number of anilines is 1. The normalized spacial score (nSPS) is 23.9. The molecule has 1 amide bonds. The molecule has 0 radical (unpaired) electrons. The predicted molar refractivity (Wildman–Crippen MR) is 95.6 cm³/mol. The van der Waals surface area contributed by atoms with Crippen molar-refractivity contribution in [3.05, 3.63) is 48.2 Å². The van der Waals surface area contributed by atoms with Crippen LogP contribution in [-0.4, -0.2) is 60.2 Å². The van der Waals surface area contributed by atoms with Gasteiger partial charge in [0.1, 0.15) is 5.69 Å². The van der Waals surface area contributed by atoms with E-state index in [1.807, 2.05) is 15.9 Å². The van der Waals surface area contributed by atoms with Gasteiger partial charge in [0.25, 0.3) is 5.91 Å². The van der Waals surface area contributed by atoms with Crippen molar-refractivity contribution in [2.75, 3.05) is 44.3 Å². The Hall–Kier alpha value is -2.41. The minimum atomic E-state index is -0.320. The Morgan fingerprint density at radius 1 is 1.27 bits per heavy atom. The van der Waals surface area contributed by atoms with Crippen molar-refractivity contribution < 1.29 is 13.9 Å². The largest absolute Gasteiger partial charge is 0.379 e. The van der Waals surface area contributed by atoms with Crippen molar-refractivity contribution in [3.8, 4) is 0 Å². The van der Waals surface area contributed by atoms with Crippen LogP contribution in [0.3, 0.4) is 0 Å². The zero-order valence-corrected chi connectivity index (χ0v) is 14.7. The highest BCUT2D eigenvalue weighted by molar-refractivity contribution is 5.92. The summed E-state index contributed by atoms with van der Waals surface area (Å²) in [6.45, 7) is 3.68. The highest BCUT2D eigenvalue weighted by atomic mass is 19.1. The lowest BCUT2D eigenvalue weighted by Gasteiger charge is -2.43. The Morgan fingerprint density at radius 3 is 3.00 bits per heavy atom. The third-order valence-corrected chi connectivity index (χ3v) is 5.26. The van der Waals surface area contributed by atoms with Gasteiger partial charge in [-0.3, -0.25) is 4.79 Å². The van der Waals surface area contributed by atoms with Crippen LogP contribution in [0.25, 0.3) is 0 Å². The number of nitrogens with zero attached hydrogens (tertiary/aromatic N) is 3. The van der Waals surface area contributed by atoms with Gasteiger partial charge in [-0.25, -0.2) is 9.37 Å². The molecule has 4 heterocycles. The quantitative estimate of drug-likeness (QED) is 0.895. The van der Waals surface area contributed by atoms with E-state index in [2.05, 4.69) is 9.97 Å². The number of amides is 1. The van der Waals surface area contributed by atoms with Crippen molar-refractivity contribution in [1.82, 2.24) is 14.9 Å². The molecule has 2 aliphatic rings. The van der Waals surface area contributed by atoms with E-state index in [1.54, 1.807) is 24.5 Å². The van der Waals surface area contributed by atoms with E-state index in [-0.39, 0.29) is 17.1 Å². The summed E-state index contributed by atoms with van der Waals surface area (Å²) in [7, 11) is 0. The predicted octanol–water partition coefficient (Wildman–Crippen LogP) is 2.31. The number of hydrogen-bond acceptors (Lipinski definition) is 4. The topological polar surface area (TPSA) is 61.5 Å². The second-order valence-corrected chi connectivity index (χ2v) is 7.20. The average Bonchev–Trinajstić information content (AvgIpc) is 3.12. The van der Waals surface area contributed by atoms with Crippen molar-refractivity contribution >= 4 is 11.7 Å². The second-order valence-electron chi connectivity index (χ2n) is 7.20. The number of aromatic nitrogens is 2. The van der Waals surface area contributed by atoms with Crippen LogP contribution in [0.15, 0.2) is 36.7 Å². The summed E-state index contributed by atoms with van der Waals surface area (Å²) in [5.74, 6) is 0.0544. The lowest BCUT2D eigenvalue weighted by molar-refractivity contribution is 0.0133. The van der Waals surface area contributed by atoms with Gasteiger partial charge in [-0.15, -0.1) is 0 Å². The molecule has 2 fully saturated rings. The van der Waals surface area contributed by atoms with Crippen LogP contribution >= 0.6 is 0 Å². The molecule has 0 bridgehead atoms. The van der Waals surface area contributed by atoms with Gasteiger partial charge in [0.2, 0.25) is 0 Å². The van der Waals surface area contributed by atoms with Crippen LogP contribution in [-0.2, 0) is 4.74 Å². The summed E-state index contributed by atoms with van der Waals surface area (Å²) in [6, 6.07) is 6.65. The van der Waals surface area contributed by atoms with Crippen molar-refractivity contribution in [3.63, 3.8) is 0 Å². The second kappa shape index (κ2) is 7.07. The molecule has 1 spiro atoms. The van der Waals surface area contributed by atoms with Gasteiger partial charge in [0.05, 0.1) is 13.2 Å². The fourth-order valence-electron chi connectivity index (χ4n) is 4.05. The molecule has 2 saturated heterocycles. The minimum Gasteiger partial charge on any atom is -0.379 e.